The Morgan fingerprint density at radius 2 is 2.10 bits per heavy atom. The summed E-state index contributed by atoms with van der Waals surface area (Å²) in [5.41, 5.74) is 0. The summed E-state index contributed by atoms with van der Waals surface area (Å²) in [7, 11) is -3.12. The zero-order valence-corrected chi connectivity index (χ0v) is 13.5. The molecule has 0 spiro atoms. The van der Waals surface area contributed by atoms with Gasteiger partial charge >= 0.3 is 0 Å². The first-order valence-electron chi connectivity index (χ1n) is 7.88. The van der Waals surface area contributed by atoms with Crippen LogP contribution in [0, 0.1) is 5.92 Å². The van der Waals surface area contributed by atoms with E-state index < -0.39 is 10.0 Å². The fraction of sp³-hybridized carbons (Fsp3) is 0.867. The molecule has 1 N–H and O–H groups in total. The first-order chi connectivity index (χ1) is 9.49. The molecule has 4 nitrogen and oxygen atoms in total. The molecule has 116 valence electrons. The van der Waals surface area contributed by atoms with Gasteiger partial charge in [0.25, 0.3) is 0 Å². The van der Waals surface area contributed by atoms with Gasteiger partial charge in [-0.2, -0.15) is 0 Å². The molecule has 0 radical (unpaired) electrons. The smallest absolute Gasteiger partial charge is 0.213 e. The van der Waals surface area contributed by atoms with Crippen LogP contribution >= 0.6 is 0 Å². The van der Waals surface area contributed by atoms with Crippen LogP contribution in [0.4, 0.5) is 0 Å². The van der Waals surface area contributed by atoms with Crippen LogP contribution in [0.1, 0.15) is 46.0 Å². The summed E-state index contributed by atoms with van der Waals surface area (Å²) in [4.78, 5) is 2.54. The molecule has 1 saturated heterocycles. The number of piperidine rings is 1. The third-order valence-electron chi connectivity index (χ3n) is 4.44. The predicted molar refractivity (Wildman–Crippen MR) is 83.1 cm³/mol. The number of hydrogen-bond donors (Lipinski definition) is 1. The van der Waals surface area contributed by atoms with Crippen molar-refractivity contribution >= 4 is 10.0 Å². The molecule has 0 saturated carbocycles. The fourth-order valence-corrected chi connectivity index (χ4v) is 3.87. The molecular weight excluding hydrogens is 272 g/mol. The van der Waals surface area contributed by atoms with Gasteiger partial charge < -0.3 is 0 Å². The lowest BCUT2D eigenvalue weighted by Crippen LogP contribution is -2.46. The van der Waals surface area contributed by atoms with E-state index in [0.29, 0.717) is 18.5 Å². The van der Waals surface area contributed by atoms with Crippen LogP contribution in [0.5, 0.6) is 0 Å². The van der Waals surface area contributed by atoms with E-state index in [2.05, 4.69) is 21.8 Å². The van der Waals surface area contributed by atoms with Crippen LogP contribution < -0.4 is 4.72 Å². The highest BCUT2D eigenvalue weighted by Crippen LogP contribution is 2.23. The maximum absolute atomic E-state index is 11.8. The van der Waals surface area contributed by atoms with Gasteiger partial charge in [-0.05, 0) is 58.4 Å². The Morgan fingerprint density at radius 3 is 2.75 bits per heavy atom. The Bertz CT molecular complexity index is 431. The molecule has 2 rings (SSSR count). The molecule has 5 heteroatoms. The lowest BCUT2D eigenvalue weighted by atomic mass is 9.94. The third kappa shape index (κ3) is 4.30. The van der Waals surface area contributed by atoms with Crippen molar-refractivity contribution in [3.63, 3.8) is 0 Å². The number of likely N-dealkylation sites (tertiary alicyclic amines) is 1. The maximum Gasteiger partial charge on any atom is 0.213 e. The molecule has 20 heavy (non-hydrogen) atoms. The zero-order chi connectivity index (χ0) is 14.6. The Morgan fingerprint density at radius 1 is 1.30 bits per heavy atom. The highest BCUT2D eigenvalue weighted by Gasteiger charge is 2.26. The molecule has 0 bridgehead atoms. The van der Waals surface area contributed by atoms with Gasteiger partial charge in [0.1, 0.15) is 0 Å². The molecular formula is C15H28N2O2S. The monoisotopic (exact) mass is 300 g/mol. The van der Waals surface area contributed by atoms with Crippen molar-refractivity contribution in [1.29, 1.82) is 0 Å². The predicted octanol–water partition coefficient (Wildman–Crippen LogP) is 2.13. The van der Waals surface area contributed by atoms with E-state index >= 15 is 0 Å². The van der Waals surface area contributed by atoms with Crippen molar-refractivity contribution in [2.75, 3.05) is 19.6 Å². The highest BCUT2D eigenvalue weighted by atomic mass is 32.2. The van der Waals surface area contributed by atoms with E-state index in [1.807, 2.05) is 0 Å². The van der Waals surface area contributed by atoms with Gasteiger partial charge in [0, 0.05) is 19.1 Å². The molecule has 2 atom stereocenters. The Balaban J connectivity index is 1.84. The van der Waals surface area contributed by atoms with Crippen molar-refractivity contribution in [3.05, 3.63) is 12.2 Å². The average molecular weight is 300 g/mol. The molecule has 0 aromatic heterocycles. The molecule has 0 amide bonds. The summed E-state index contributed by atoms with van der Waals surface area (Å²) >= 11 is 0. The minimum Gasteiger partial charge on any atom is -0.297 e. The Hall–Kier alpha value is -0.390. The number of nitrogens with zero attached hydrogens (tertiary/aromatic N) is 1. The molecule has 1 heterocycles. The SMILES string of the molecule is CC(C)S(=O)(=O)NC[C@H]1CCCN([C@H]2C=CCCC2)C1. The zero-order valence-electron chi connectivity index (χ0n) is 12.7. The van der Waals surface area contributed by atoms with Crippen LogP contribution in [-0.2, 0) is 10.0 Å². The van der Waals surface area contributed by atoms with E-state index in [9.17, 15) is 8.42 Å². The van der Waals surface area contributed by atoms with E-state index in [-0.39, 0.29) is 5.25 Å². The summed E-state index contributed by atoms with van der Waals surface area (Å²) in [5, 5.41) is -0.344. The second-order valence-electron chi connectivity index (χ2n) is 6.37. The minimum absolute atomic E-state index is 0.344. The highest BCUT2D eigenvalue weighted by molar-refractivity contribution is 7.90. The second kappa shape index (κ2) is 7.05. The van der Waals surface area contributed by atoms with Crippen molar-refractivity contribution in [2.45, 2.75) is 57.2 Å². The molecule has 1 aliphatic heterocycles. The average Bonchev–Trinajstić information content (AvgIpc) is 2.46. The summed E-state index contributed by atoms with van der Waals surface area (Å²) in [6, 6.07) is 0.577. The van der Waals surface area contributed by atoms with Crippen molar-refractivity contribution in [1.82, 2.24) is 9.62 Å². The standard InChI is InChI=1S/C15H28N2O2S/c1-13(2)20(18,19)16-11-14-7-6-10-17(12-14)15-8-4-3-5-9-15/h4,8,13-16H,3,5-7,9-12H2,1-2H3/t14-,15+/m1/s1. The van der Waals surface area contributed by atoms with Crippen molar-refractivity contribution < 1.29 is 8.42 Å². The van der Waals surface area contributed by atoms with E-state index in [1.54, 1.807) is 13.8 Å². The number of hydrogen-bond acceptors (Lipinski definition) is 3. The van der Waals surface area contributed by atoms with Gasteiger partial charge in [0.05, 0.1) is 5.25 Å². The first kappa shape index (κ1) is 16.0. The van der Waals surface area contributed by atoms with Crippen LogP contribution in [-0.4, -0.2) is 44.2 Å². The van der Waals surface area contributed by atoms with Crippen molar-refractivity contribution in [3.8, 4) is 0 Å². The van der Waals surface area contributed by atoms with Crippen LogP contribution in [0.15, 0.2) is 12.2 Å². The summed E-state index contributed by atoms with van der Waals surface area (Å²) < 4.78 is 26.4. The quantitative estimate of drug-likeness (QED) is 0.791. The lowest BCUT2D eigenvalue weighted by molar-refractivity contribution is 0.137. The maximum atomic E-state index is 11.8. The Labute approximate surface area is 123 Å². The normalized spacial score (nSPS) is 28.9. The topological polar surface area (TPSA) is 49.4 Å². The first-order valence-corrected chi connectivity index (χ1v) is 9.43. The van der Waals surface area contributed by atoms with Gasteiger partial charge in [-0.25, -0.2) is 13.1 Å². The van der Waals surface area contributed by atoms with Crippen LogP contribution in [0.25, 0.3) is 0 Å². The molecule has 0 aromatic rings. The van der Waals surface area contributed by atoms with E-state index in [1.165, 1.54) is 25.7 Å². The number of nitrogens with one attached hydrogen (secondary N) is 1. The van der Waals surface area contributed by atoms with Crippen molar-refractivity contribution in [2.24, 2.45) is 5.92 Å². The van der Waals surface area contributed by atoms with E-state index in [4.69, 9.17) is 0 Å². The molecule has 1 aliphatic carbocycles. The third-order valence-corrected chi connectivity index (χ3v) is 6.25. The Kier molecular flexibility index (Phi) is 5.64. The van der Waals surface area contributed by atoms with Gasteiger partial charge in [-0.15, -0.1) is 0 Å². The van der Waals surface area contributed by atoms with Gasteiger partial charge in [0.2, 0.25) is 10.0 Å². The summed E-state index contributed by atoms with van der Waals surface area (Å²) in [5.74, 6) is 0.451. The summed E-state index contributed by atoms with van der Waals surface area (Å²) in [6.07, 6.45) is 10.7. The number of sulfonamides is 1. The number of allylic oxidation sites excluding steroid dienone is 1. The molecule has 0 aromatic carbocycles. The van der Waals surface area contributed by atoms with Crippen LogP contribution in [0.2, 0.25) is 0 Å². The molecule has 2 aliphatic rings. The lowest BCUT2D eigenvalue weighted by Gasteiger charge is -2.38. The van der Waals surface area contributed by atoms with Gasteiger partial charge in [0.15, 0.2) is 0 Å². The fourth-order valence-electron chi connectivity index (χ4n) is 3.06. The number of rotatable bonds is 5. The van der Waals surface area contributed by atoms with Gasteiger partial charge in [-0.3, -0.25) is 4.90 Å². The minimum atomic E-state index is -3.12. The van der Waals surface area contributed by atoms with E-state index in [0.717, 1.165) is 19.5 Å². The van der Waals surface area contributed by atoms with Gasteiger partial charge in [-0.1, -0.05) is 12.2 Å². The second-order valence-corrected chi connectivity index (χ2v) is 8.69. The summed E-state index contributed by atoms with van der Waals surface area (Å²) in [6.45, 7) is 6.22. The largest absolute Gasteiger partial charge is 0.297 e. The van der Waals surface area contributed by atoms with Crippen LogP contribution in [0.3, 0.4) is 0 Å². The molecule has 1 fully saturated rings. The molecule has 0 unspecified atom stereocenters.